The molecule has 0 amide bonds. The van der Waals surface area contributed by atoms with Gasteiger partial charge in [-0.3, -0.25) is 0 Å². The van der Waals surface area contributed by atoms with Crippen LogP contribution in [0, 0.1) is 11.3 Å². The van der Waals surface area contributed by atoms with Gasteiger partial charge in [-0.1, -0.05) is 68.9 Å². The number of benzene rings is 1. The average Bonchev–Trinajstić information content (AvgIpc) is 2.87. The molecule has 1 aromatic carbocycles. The maximum absolute atomic E-state index is 8.96. The number of aromatic nitrogens is 1. The van der Waals surface area contributed by atoms with Crippen molar-refractivity contribution in [2.75, 3.05) is 0 Å². The maximum Gasteiger partial charge on any atom is 0.140 e. The highest BCUT2D eigenvalue weighted by Crippen LogP contribution is 2.40. The number of pyridine rings is 1. The van der Waals surface area contributed by atoms with E-state index in [0.717, 1.165) is 0 Å². The molecule has 1 aliphatic carbocycles. The Morgan fingerprint density at radius 2 is 1.35 bits per heavy atom. The molecule has 0 atom stereocenters. The lowest BCUT2D eigenvalue weighted by atomic mass is 9.76. The third-order valence-electron chi connectivity index (χ3n) is 7.88. The van der Waals surface area contributed by atoms with E-state index in [4.69, 9.17) is 9.38 Å². The monoisotopic (exact) mass is 534 g/mol. The second kappa shape index (κ2) is 14.4. The van der Waals surface area contributed by atoms with Gasteiger partial charge in [0.1, 0.15) is 20.1 Å². The second-order valence-corrected chi connectivity index (χ2v) is 21.9. The van der Waals surface area contributed by atoms with Crippen LogP contribution in [-0.2, 0) is 10.5 Å². The number of aryl methyl sites for hydroxylation is 1. The second-order valence-electron chi connectivity index (χ2n) is 12.8. The fourth-order valence-corrected chi connectivity index (χ4v) is 14.2. The molecule has 1 saturated carbocycles. The molecule has 203 valence electrons. The van der Waals surface area contributed by atoms with Gasteiger partial charge in [-0.2, -0.15) is 5.26 Å². The van der Waals surface area contributed by atoms with Crippen molar-refractivity contribution in [3.8, 4) is 6.07 Å². The van der Waals surface area contributed by atoms with Crippen molar-refractivity contribution in [3.63, 3.8) is 0 Å². The average molecular weight is 535 g/mol. The normalized spacial score (nSPS) is 18.5. The molecule has 1 aliphatic rings. The number of rotatable bonds is 14. The molecular weight excluding hydrogens is 485 g/mol. The lowest BCUT2D eigenvalue weighted by Gasteiger charge is -2.43. The van der Waals surface area contributed by atoms with Gasteiger partial charge in [0.05, 0.1) is 0 Å². The topological polar surface area (TPSA) is 45.9 Å². The quantitative estimate of drug-likeness (QED) is 0.179. The summed E-state index contributed by atoms with van der Waals surface area (Å²) < 4.78 is 6.46. The van der Waals surface area contributed by atoms with Gasteiger partial charge in [-0.25, -0.2) is 4.98 Å². The van der Waals surface area contributed by atoms with E-state index < -0.39 is 16.6 Å². The smallest absolute Gasteiger partial charge is 0.140 e. The van der Waals surface area contributed by atoms with E-state index in [1.165, 1.54) is 99.8 Å². The first-order valence-corrected chi connectivity index (χ1v) is 21.3. The van der Waals surface area contributed by atoms with E-state index in [1.54, 1.807) is 0 Å². The summed E-state index contributed by atoms with van der Waals surface area (Å²) in [5.74, 6) is 1.28. The van der Waals surface area contributed by atoms with Crippen LogP contribution in [0.3, 0.4) is 0 Å². The molecule has 1 heterocycles. The van der Waals surface area contributed by atoms with Crippen LogP contribution in [0.15, 0.2) is 42.6 Å². The zero-order valence-electron chi connectivity index (χ0n) is 24.2. The maximum atomic E-state index is 8.96. The van der Waals surface area contributed by atoms with Crippen LogP contribution >= 0.6 is 0 Å². The minimum atomic E-state index is -1.44. The molecule has 0 aliphatic heterocycles. The Morgan fingerprint density at radius 3 is 1.89 bits per heavy atom. The van der Waals surface area contributed by atoms with Crippen LogP contribution < -0.4 is 0 Å². The number of nitriles is 1. The summed E-state index contributed by atoms with van der Waals surface area (Å²) >= 11 is 0. The van der Waals surface area contributed by atoms with Crippen molar-refractivity contribution >= 4 is 16.6 Å². The van der Waals surface area contributed by atoms with Gasteiger partial charge in [0.15, 0.2) is 0 Å². The zero-order chi connectivity index (χ0) is 26.7. The lowest BCUT2D eigenvalue weighted by molar-refractivity contribution is 0.396. The summed E-state index contributed by atoms with van der Waals surface area (Å²) in [6, 6.07) is 16.9. The highest BCUT2D eigenvalue weighted by Gasteiger charge is 2.23. The predicted octanol–water partition coefficient (Wildman–Crippen LogP) is 9.72. The van der Waals surface area contributed by atoms with Gasteiger partial charge >= 0.3 is 0 Å². The molecule has 0 saturated heterocycles. The molecule has 5 heteroatoms. The third-order valence-corrected chi connectivity index (χ3v) is 14.1. The Hall–Kier alpha value is -1.75. The van der Waals surface area contributed by atoms with Crippen LogP contribution in [0.1, 0.15) is 105 Å². The Labute approximate surface area is 229 Å². The standard InChI is InChI=1S/C32H50N2OSi2/c1-36(2,3)35-37(4,5)24-12-10-8-6-7-9-11-13-27-14-16-28(17-15-27)29-18-20-30(21-19-29)31-22-23-32(25-33)34-26-31/h14-17,22-23,26,29-30H,6-13,18-21,24H2,1-5H3/q-1. The van der Waals surface area contributed by atoms with Crippen molar-refractivity contribution in [2.45, 2.75) is 128 Å². The first-order valence-electron chi connectivity index (χ1n) is 14.8. The van der Waals surface area contributed by atoms with Gasteiger partial charge in [0.25, 0.3) is 0 Å². The molecular formula is C32H50N2OSi2-. The van der Waals surface area contributed by atoms with Crippen LogP contribution in [0.25, 0.3) is 0 Å². The summed E-state index contributed by atoms with van der Waals surface area (Å²) in [5.41, 5.74) is 4.82. The highest BCUT2D eigenvalue weighted by atomic mass is 28.4. The van der Waals surface area contributed by atoms with Gasteiger partial charge < -0.3 is 4.12 Å². The number of nitrogens with zero attached hydrogens (tertiary/aromatic N) is 2. The molecule has 0 spiro atoms. The van der Waals surface area contributed by atoms with Crippen molar-refractivity contribution in [2.24, 2.45) is 0 Å². The van der Waals surface area contributed by atoms with Gasteiger partial charge in [0.2, 0.25) is 0 Å². The third kappa shape index (κ3) is 10.9. The minimum absolute atomic E-state index is 0.511. The van der Waals surface area contributed by atoms with Crippen LogP contribution in [0.4, 0.5) is 0 Å². The molecule has 0 unspecified atom stereocenters. The molecule has 3 nitrogen and oxygen atoms in total. The van der Waals surface area contributed by atoms with E-state index in [1.807, 2.05) is 12.3 Å². The van der Waals surface area contributed by atoms with Gasteiger partial charge in [-0.15, -0.1) is 19.1 Å². The SMILES string of the molecule is C[Si](C)(C)O[Si-](C)(C)CCCCCCCCCc1ccc(C2CCC(c3ccc(C#N)nc3)CC2)cc1. The summed E-state index contributed by atoms with van der Waals surface area (Å²) in [5, 5.41) is 8.96. The van der Waals surface area contributed by atoms with E-state index in [-0.39, 0.29) is 0 Å². The zero-order valence-corrected chi connectivity index (χ0v) is 26.2. The van der Waals surface area contributed by atoms with Gasteiger partial charge in [0, 0.05) is 6.20 Å². The Balaban J connectivity index is 1.26. The lowest BCUT2D eigenvalue weighted by Crippen LogP contribution is -2.42. The van der Waals surface area contributed by atoms with Crippen molar-refractivity contribution in [1.29, 1.82) is 5.26 Å². The fraction of sp³-hybridized carbons (Fsp3) is 0.625. The first kappa shape index (κ1) is 29.8. The van der Waals surface area contributed by atoms with Crippen molar-refractivity contribution in [1.82, 2.24) is 4.98 Å². The van der Waals surface area contributed by atoms with Crippen molar-refractivity contribution in [3.05, 3.63) is 65.0 Å². The molecule has 2 aromatic rings. The number of unbranched alkanes of at least 4 members (excludes halogenated alkanes) is 6. The predicted molar refractivity (Wildman–Crippen MR) is 162 cm³/mol. The summed E-state index contributed by atoms with van der Waals surface area (Å²) in [7, 11) is -2.83. The molecule has 0 radical (unpaired) electrons. The van der Waals surface area contributed by atoms with E-state index in [9.17, 15) is 0 Å². The summed E-state index contributed by atoms with van der Waals surface area (Å²) in [4.78, 5) is 4.27. The molecule has 37 heavy (non-hydrogen) atoms. The van der Waals surface area contributed by atoms with Crippen LogP contribution in [-0.4, -0.2) is 21.6 Å². The van der Waals surface area contributed by atoms with E-state index >= 15 is 0 Å². The van der Waals surface area contributed by atoms with E-state index in [2.05, 4.69) is 74.1 Å². The number of hydrogen-bond acceptors (Lipinski definition) is 3. The van der Waals surface area contributed by atoms with Gasteiger partial charge in [-0.05, 0) is 101 Å². The first-order chi connectivity index (χ1) is 17.6. The minimum Gasteiger partial charge on any atom is -0.610 e. The largest absolute Gasteiger partial charge is 0.610 e. The van der Waals surface area contributed by atoms with Crippen molar-refractivity contribution < 1.29 is 4.12 Å². The molecule has 0 bridgehead atoms. The van der Waals surface area contributed by atoms with Crippen LogP contribution in [0.2, 0.25) is 38.8 Å². The summed E-state index contributed by atoms with van der Waals surface area (Å²) in [6.45, 7) is 11.8. The highest BCUT2D eigenvalue weighted by molar-refractivity contribution is 6.84. The molecule has 1 aromatic heterocycles. The number of hydrogen-bond donors (Lipinski definition) is 0. The molecule has 0 N–H and O–H groups in total. The van der Waals surface area contributed by atoms with E-state index in [0.29, 0.717) is 17.5 Å². The molecule has 1 fully saturated rings. The Bertz CT molecular complexity index is 966. The fourth-order valence-electron chi connectivity index (χ4n) is 6.07. The summed E-state index contributed by atoms with van der Waals surface area (Å²) in [6.07, 6.45) is 17.6. The Kier molecular flexibility index (Phi) is 11.6. The Morgan fingerprint density at radius 1 is 0.811 bits per heavy atom. The van der Waals surface area contributed by atoms with Crippen LogP contribution in [0.5, 0.6) is 0 Å². The molecule has 3 rings (SSSR count).